The molecule has 0 aliphatic rings. The molecule has 0 aliphatic heterocycles. The Bertz CT molecular complexity index is 1390. The first-order valence-corrected chi connectivity index (χ1v) is 11.8. The van der Waals surface area contributed by atoms with Gasteiger partial charge in [0.15, 0.2) is 0 Å². The van der Waals surface area contributed by atoms with Gasteiger partial charge >= 0.3 is 0 Å². The summed E-state index contributed by atoms with van der Waals surface area (Å²) in [6.07, 6.45) is 1.07. The van der Waals surface area contributed by atoms with E-state index in [4.69, 9.17) is 5.26 Å². The Hall–Kier alpha value is -3.85. The van der Waals surface area contributed by atoms with Crippen LogP contribution in [0.1, 0.15) is 35.0 Å². The van der Waals surface area contributed by atoms with Gasteiger partial charge in [-0.15, -0.1) is 0 Å². The van der Waals surface area contributed by atoms with E-state index in [1.807, 2.05) is 37.3 Å². The van der Waals surface area contributed by atoms with E-state index in [1.54, 1.807) is 23.7 Å². The number of aliphatic hydroxyl groups is 1. The first kappa shape index (κ1) is 23.8. The summed E-state index contributed by atoms with van der Waals surface area (Å²) in [6, 6.07) is 17.6. The first-order valence-electron chi connectivity index (χ1n) is 10.3. The lowest BCUT2D eigenvalue weighted by Crippen LogP contribution is -2.26. The molecule has 0 unspecified atom stereocenters. The number of nitrogens with one attached hydrogen (secondary N) is 1. The maximum absolute atomic E-state index is 12.5. The predicted molar refractivity (Wildman–Crippen MR) is 127 cm³/mol. The molecule has 168 valence electrons. The second-order valence-corrected chi connectivity index (χ2v) is 9.20. The number of hydrogen-bond acceptors (Lipinski definition) is 5. The van der Waals surface area contributed by atoms with Crippen LogP contribution in [0, 0.1) is 22.7 Å². The molecule has 0 bridgehead atoms. The summed E-state index contributed by atoms with van der Waals surface area (Å²) in [7, 11) is -2.01. The highest BCUT2D eigenvalue weighted by molar-refractivity contribution is 7.89. The molecule has 0 fully saturated rings. The molecule has 8 heteroatoms. The van der Waals surface area contributed by atoms with E-state index in [1.165, 1.54) is 12.1 Å². The molecule has 1 aromatic heterocycles. The lowest BCUT2D eigenvalue weighted by molar-refractivity contribution is 0.506. The van der Waals surface area contributed by atoms with Crippen molar-refractivity contribution in [3.8, 4) is 23.3 Å². The van der Waals surface area contributed by atoms with Crippen molar-refractivity contribution in [1.29, 1.82) is 10.5 Å². The Kier molecular flexibility index (Phi) is 7.03. The van der Waals surface area contributed by atoms with Gasteiger partial charge in [-0.3, -0.25) is 0 Å². The van der Waals surface area contributed by atoms with Crippen LogP contribution in [0.2, 0.25) is 0 Å². The van der Waals surface area contributed by atoms with Crippen LogP contribution in [0.5, 0.6) is 0 Å². The van der Waals surface area contributed by atoms with Crippen molar-refractivity contribution in [2.24, 2.45) is 7.05 Å². The highest BCUT2D eigenvalue weighted by atomic mass is 32.2. The quantitative estimate of drug-likeness (QED) is 0.492. The van der Waals surface area contributed by atoms with Crippen molar-refractivity contribution in [3.05, 3.63) is 83.2 Å². The fourth-order valence-corrected chi connectivity index (χ4v) is 5.11. The van der Waals surface area contributed by atoms with Gasteiger partial charge in [-0.05, 0) is 36.1 Å². The van der Waals surface area contributed by atoms with Crippen molar-refractivity contribution in [2.45, 2.75) is 24.7 Å². The highest BCUT2D eigenvalue weighted by Crippen LogP contribution is 2.35. The summed E-state index contributed by atoms with van der Waals surface area (Å²) in [5, 5.41) is 29.0. The smallest absolute Gasteiger partial charge is 0.241 e. The standard InChI is InChI=1S/C25H24N4O3S/c1-4-22-21(16-27)24(25(17(2)30)29(22)3)19-11-9-18(10-12-19)13-14-28-33(31,32)23-8-6-5-7-20(23)15-26/h5-12,28,30H,2,4,13-14H2,1,3H3. The summed E-state index contributed by atoms with van der Waals surface area (Å²) in [5.41, 5.74) is 4.20. The van der Waals surface area contributed by atoms with Gasteiger partial charge in [0.2, 0.25) is 10.0 Å². The van der Waals surface area contributed by atoms with Gasteiger partial charge < -0.3 is 9.67 Å². The number of nitrogens with zero attached hydrogens (tertiary/aromatic N) is 3. The van der Waals surface area contributed by atoms with Crippen LogP contribution < -0.4 is 4.72 Å². The molecular formula is C25H24N4O3S. The van der Waals surface area contributed by atoms with E-state index in [0.717, 1.165) is 16.8 Å². The van der Waals surface area contributed by atoms with Gasteiger partial charge in [0.05, 0.1) is 21.7 Å². The van der Waals surface area contributed by atoms with E-state index in [-0.39, 0.29) is 22.8 Å². The van der Waals surface area contributed by atoms with Gasteiger partial charge in [0.25, 0.3) is 0 Å². The highest BCUT2D eigenvalue weighted by Gasteiger charge is 2.23. The van der Waals surface area contributed by atoms with Crippen molar-refractivity contribution in [2.75, 3.05) is 6.54 Å². The van der Waals surface area contributed by atoms with Crippen LogP contribution in [0.15, 0.2) is 60.0 Å². The molecule has 2 aromatic carbocycles. The Morgan fingerprint density at radius 2 is 1.79 bits per heavy atom. The Labute approximate surface area is 193 Å². The molecule has 3 aromatic rings. The maximum atomic E-state index is 12.5. The molecular weight excluding hydrogens is 436 g/mol. The molecule has 7 nitrogen and oxygen atoms in total. The third-order valence-corrected chi connectivity index (χ3v) is 7.00. The maximum Gasteiger partial charge on any atom is 0.241 e. The molecule has 0 amide bonds. The minimum atomic E-state index is -3.80. The first-order chi connectivity index (χ1) is 15.7. The summed E-state index contributed by atoms with van der Waals surface area (Å²) in [5.74, 6) is -0.111. The molecule has 33 heavy (non-hydrogen) atoms. The minimum Gasteiger partial charge on any atom is -0.506 e. The van der Waals surface area contributed by atoms with E-state index in [0.29, 0.717) is 29.7 Å². The Morgan fingerprint density at radius 3 is 2.36 bits per heavy atom. The number of benzene rings is 2. The summed E-state index contributed by atoms with van der Waals surface area (Å²) in [4.78, 5) is -0.0422. The van der Waals surface area contributed by atoms with Gasteiger partial charge in [-0.1, -0.05) is 49.9 Å². The largest absolute Gasteiger partial charge is 0.506 e. The van der Waals surface area contributed by atoms with Crippen LogP contribution in [-0.2, 0) is 29.9 Å². The summed E-state index contributed by atoms with van der Waals surface area (Å²) in [6.45, 7) is 5.76. The fourth-order valence-electron chi connectivity index (χ4n) is 3.93. The molecule has 0 spiro atoms. The van der Waals surface area contributed by atoms with Crippen LogP contribution in [0.4, 0.5) is 0 Å². The SMILES string of the molecule is C=C(O)c1c(-c2ccc(CCNS(=O)(=O)c3ccccc3C#N)cc2)c(C#N)c(CC)n1C. The van der Waals surface area contributed by atoms with E-state index in [2.05, 4.69) is 17.4 Å². The third kappa shape index (κ3) is 4.68. The van der Waals surface area contributed by atoms with Crippen molar-refractivity contribution < 1.29 is 13.5 Å². The Morgan fingerprint density at radius 1 is 1.12 bits per heavy atom. The van der Waals surface area contributed by atoms with E-state index in [9.17, 15) is 18.8 Å². The topological polar surface area (TPSA) is 119 Å². The van der Waals surface area contributed by atoms with Crippen LogP contribution in [-0.4, -0.2) is 24.6 Å². The van der Waals surface area contributed by atoms with Crippen LogP contribution in [0.3, 0.4) is 0 Å². The average molecular weight is 461 g/mol. The number of aromatic nitrogens is 1. The molecule has 0 radical (unpaired) electrons. The number of aliphatic hydroxyl groups excluding tert-OH is 1. The van der Waals surface area contributed by atoms with Crippen molar-refractivity contribution in [1.82, 2.24) is 9.29 Å². The monoisotopic (exact) mass is 460 g/mol. The number of hydrogen-bond donors (Lipinski definition) is 2. The van der Waals surface area contributed by atoms with Crippen LogP contribution in [0.25, 0.3) is 16.9 Å². The second kappa shape index (κ2) is 9.74. The van der Waals surface area contributed by atoms with Crippen molar-refractivity contribution >= 4 is 15.8 Å². The normalized spacial score (nSPS) is 11.0. The van der Waals surface area contributed by atoms with Gasteiger partial charge in [0.1, 0.15) is 17.9 Å². The molecule has 0 aliphatic carbocycles. The number of nitriles is 2. The number of rotatable bonds is 8. The van der Waals surface area contributed by atoms with Gasteiger partial charge in [0, 0.05) is 24.8 Å². The molecule has 0 saturated heterocycles. The predicted octanol–water partition coefficient (Wildman–Crippen LogP) is 4.05. The zero-order valence-corrected chi connectivity index (χ0v) is 19.3. The zero-order chi connectivity index (χ0) is 24.2. The van der Waals surface area contributed by atoms with Gasteiger partial charge in [-0.25, -0.2) is 13.1 Å². The molecule has 0 atom stereocenters. The van der Waals surface area contributed by atoms with Crippen LogP contribution >= 0.6 is 0 Å². The van der Waals surface area contributed by atoms with E-state index < -0.39 is 10.0 Å². The summed E-state index contributed by atoms with van der Waals surface area (Å²) >= 11 is 0. The minimum absolute atomic E-state index is 0.0422. The second-order valence-electron chi connectivity index (χ2n) is 7.47. The third-order valence-electron chi connectivity index (χ3n) is 5.48. The Balaban J connectivity index is 1.81. The molecule has 2 N–H and O–H groups in total. The van der Waals surface area contributed by atoms with E-state index >= 15 is 0 Å². The summed E-state index contributed by atoms with van der Waals surface area (Å²) < 4.78 is 29.4. The van der Waals surface area contributed by atoms with Crippen molar-refractivity contribution in [3.63, 3.8) is 0 Å². The average Bonchev–Trinajstić information content (AvgIpc) is 3.10. The zero-order valence-electron chi connectivity index (χ0n) is 18.5. The molecule has 3 rings (SSSR count). The number of sulfonamides is 1. The molecule has 0 saturated carbocycles. The lowest BCUT2D eigenvalue weighted by Gasteiger charge is -2.10. The fraction of sp³-hybridized carbons (Fsp3) is 0.200. The molecule has 1 heterocycles. The lowest BCUT2D eigenvalue weighted by atomic mass is 9.98. The van der Waals surface area contributed by atoms with Gasteiger partial charge in [-0.2, -0.15) is 10.5 Å².